The summed E-state index contributed by atoms with van der Waals surface area (Å²) in [5.41, 5.74) is 4.74. The first-order valence-electron chi connectivity index (χ1n) is 10.1. The van der Waals surface area contributed by atoms with Gasteiger partial charge in [0.05, 0.1) is 18.8 Å². The molecule has 2 heterocycles. The number of hydrogen-bond acceptors (Lipinski definition) is 4. The first-order valence-corrected chi connectivity index (χ1v) is 10.5. The summed E-state index contributed by atoms with van der Waals surface area (Å²) in [6.07, 6.45) is 0. The van der Waals surface area contributed by atoms with Gasteiger partial charge in [-0.1, -0.05) is 48.0 Å². The predicted molar refractivity (Wildman–Crippen MR) is 122 cm³/mol. The molecule has 0 saturated heterocycles. The normalized spacial score (nSPS) is 15.1. The fourth-order valence-electron chi connectivity index (χ4n) is 4.12. The minimum absolute atomic E-state index is 0.124. The molecule has 0 saturated carbocycles. The number of amides is 1. The lowest BCUT2D eigenvalue weighted by Gasteiger charge is -2.26. The Bertz CT molecular complexity index is 1270. The number of aromatic amines is 1. The molecule has 3 aromatic carbocycles. The van der Waals surface area contributed by atoms with E-state index in [1.54, 1.807) is 31.4 Å². The SMILES string of the molecule is COc1ccc(CN2C(=O)c3[nH]nc(-c4ccc(Cl)cc4)c3C2c2ccc(O)cc2)cc1. The fourth-order valence-corrected chi connectivity index (χ4v) is 4.24. The van der Waals surface area contributed by atoms with Crippen molar-refractivity contribution in [1.29, 1.82) is 0 Å². The Hall–Kier alpha value is -3.77. The van der Waals surface area contributed by atoms with Crippen molar-refractivity contribution in [3.05, 3.63) is 100 Å². The molecule has 1 amide bonds. The quantitative estimate of drug-likeness (QED) is 0.443. The number of H-pyrrole nitrogens is 1. The molecule has 32 heavy (non-hydrogen) atoms. The molecule has 4 aromatic rings. The van der Waals surface area contributed by atoms with E-state index in [0.29, 0.717) is 23.0 Å². The first kappa shape index (κ1) is 20.2. The highest BCUT2D eigenvalue weighted by molar-refractivity contribution is 6.30. The first-order chi connectivity index (χ1) is 15.5. The number of carbonyl (C=O) groups is 1. The average Bonchev–Trinajstić information content (AvgIpc) is 3.35. The number of hydrogen-bond donors (Lipinski definition) is 2. The van der Waals surface area contributed by atoms with Crippen LogP contribution in [0.15, 0.2) is 72.8 Å². The smallest absolute Gasteiger partial charge is 0.273 e. The van der Waals surface area contributed by atoms with Crippen molar-refractivity contribution in [2.24, 2.45) is 0 Å². The Morgan fingerprint density at radius 1 is 1.03 bits per heavy atom. The summed E-state index contributed by atoms with van der Waals surface area (Å²) < 4.78 is 5.25. The summed E-state index contributed by atoms with van der Waals surface area (Å²) in [4.78, 5) is 15.2. The molecule has 0 fully saturated rings. The number of nitrogens with one attached hydrogen (secondary N) is 1. The standard InChI is InChI=1S/C25H20ClN3O3/c1-32-20-12-2-15(3-13-20)14-29-24(17-6-10-19(30)11-7-17)21-22(27-28-23(21)25(29)31)16-4-8-18(26)9-5-16/h2-13,24,30H,14H2,1H3,(H,27,28). The number of carbonyl (C=O) groups excluding carboxylic acids is 1. The van der Waals surface area contributed by atoms with Gasteiger partial charge in [-0.15, -0.1) is 0 Å². The van der Waals surface area contributed by atoms with Crippen LogP contribution in [0.1, 0.15) is 33.2 Å². The molecular weight excluding hydrogens is 426 g/mol. The second-order valence-electron chi connectivity index (χ2n) is 7.64. The Kier molecular flexibility index (Phi) is 5.07. The van der Waals surface area contributed by atoms with Gasteiger partial charge < -0.3 is 14.7 Å². The second-order valence-corrected chi connectivity index (χ2v) is 8.08. The maximum absolute atomic E-state index is 13.4. The summed E-state index contributed by atoms with van der Waals surface area (Å²) in [5.74, 6) is 0.808. The van der Waals surface area contributed by atoms with Crippen molar-refractivity contribution in [1.82, 2.24) is 15.1 Å². The Morgan fingerprint density at radius 2 is 1.72 bits per heavy atom. The molecule has 1 unspecified atom stereocenters. The topological polar surface area (TPSA) is 78.5 Å². The molecule has 5 rings (SSSR count). The number of fused-ring (bicyclic) bond motifs is 1. The lowest BCUT2D eigenvalue weighted by atomic mass is 9.96. The van der Waals surface area contributed by atoms with E-state index in [9.17, 15) is 9.90 Å². The molecule has 1 atom stereocenters. The molecule has 1 aromatic heterocycles. The zero-order chi connectivity index (χ0) is 22.2. The van der Waals surface area contributed by atoms with Gasteiger partial charge in [-0.3, -0.25) is 9.89 Å². The van der Waals surface area contributed by atoms with Crippen molar-refractivity contribution >= 4 is 17.5 Å². The van der Waals surface area contributed by atoms with E-state index in [1.807, 2.05) is 53.4 Å². The van der Waals surface area contributed by atoms with Gasteiger partial charge in [0.25, 0.3) is 5.91 Å². The van der Waals surface area contributed by atoms with E-state index in [1.165, 1.54) is 0 Å². The number of phenols is 1. The van der Waals surface area contributed by atoms with E-state index >= 15 is 0 Å². The molecule has 2 N–H and O–H groups in total. The van der Waals surface area contributed by atoms with E-state index in [4.69, 9.17) is 16.3 Å². The summed E-state index contributed by atoms with van der Waals surface area (Å²) in [5, 5.41) is 17.8. The van der Waals surface area contributed by atoms with Crippen LogP contribution in [0.5, 0.6) is 11.5 Å². The zero-order valence-electron chi connectivity index (χ0n) is 17.2. The fraction of sp³-hybridized carbons (Fsp3) is 0.120. The number of nitrogens with zero attached hydrogens (tertiary/aromatic N) is 2. The van der Waals surface area contributed by atoms with Crippen LogP contribution < -0.4 is 4.74 Å². The molecule has 0 aliphatic carbocycles. The zero-order valence-corrected chi connectivity index (χ0v) is 18.0. The molecular formula is C25H20ClN3O3. The van der Waals surface area contributed by atoms with Gasteiger partial charge in [-0.25, -0.2) is 0 Å². The largest absolute Gasteiger partial charge is 0.508 e. The number of methoxy groups -OCH3 is 1. The van der Waals surface area contributed by atoms with Crippen LogP contribution in [0.3, 0.4) is 0 Å². The Labute approximate surface area is 190 Å². The van der Waals surface area contributed by atoms with Gasteiger partial charge in [0.2, 0.25) is 0 Å². The van der Waals surface area contributed by atoms with Crippen LogP contribution in [0.25, 0.3) is 11.3 Å². The van der Waals surface area contributed by atoms with Gasteiger partial charge in [-0.05, 0) is 47.5 Å². The summed E-state index contributed by atoms with van der Waals surface area (Å²) in [6.45, 7) is 0.414. The van der Waals surface area contributed by atoms with Crippen LogP contribution in [-0.4, -0.2) is 33.2 Å². The van der Waals surface area contributed by atoms with Crippen molar-refractivity contribution in [2.75, 3.05) is 7.11 Å². The third kappa shape index (κ3) is 3.48. The number of halogens is 1. The highest BCUT2D eigenvalue weighted by Gasteiger charge is 2.42. The van der Waals surface area contributed by atoms with Crippen LogP contribution >= 0.6 is 11.6 Å². The summed E-state index contributed by atoms with van der Waals surface area (Å²) >= 11 is 6.06. The van der Waals surface area contributed by atoms with Gasteiger partial charge in [0, 0.05) is 22.7 Å². The molecule has 1 aliphatic heterocycles. The van der Waals surface area contributed by atoms with E-state index in [2.05, 4.69) is 10.2 Å². The van der Waals surface area contributed by atoms with Crippen molar-refractivity contribution in [3.8, 4) is 22.8 Å². The summed E-state index contributed by atoms with van der Waals surface area (Å²) in [7, 11) is 1.62. The van der Waals surface area contributed by atoms with E-state index in [-0.39, 0.29) is 17.7 Å². The van der Waals surface area contributed by atoms with Crippen molar-refractivity contribution in [3.63, 3.8) is 0 Å². The van der Waals surface area contributed by atoms with Gasteiger partial charge in [0.15, 0.2) is 0 Å². The molecule has 0 radical (unpaired) electrons. The van der Waals surface area contributed by atoms with Crippen LogP contribution in [-0.2, 0) is 6.54 Å². The molecule has 7 heteroatoms. The number of aromatic nitrogens is 2. The number of benzene rings is 3. The highest BCUT2D eigenvalue weighted by atomic mass is 35.5. The van der Waals surface area contributed by atoms with E-state index < -0.39 is 0 Å². The average molecular weight is 446 g/mol. The number of ether oxygens (including phenoxy) is 1. The maximum Gasteiger partial charge on any atom is 0.273 e. The Morgan fingerprint density at radius 3 is 2.38 bits per heavy atom. The predicted octanol–water partition coefficient (Wildman–Crippen LogP) is 5.19. The van der Waals surface area contributed by atoms with Crippen LogP contribution in [0.4, 0.5) is 0 Å². The second kappa shape index (κ2) is 8.05. The lowest BCUT2D eigenvalue weighted by Crippen LogP contribution is -2.29. The monoisotopic (exact) mass is 445 g/mol. The van der Waals surface area contributed by atoms with Crippen LogP contribution in [0, 0.1) is 0 Å². The van der Waals surface area contributed by atoms with Gasteiger partial charge in [0.1, 0.15) is 17.2 Å². The van der Waals surface area contributed by atoms with Gasteiger partial charge >= 0.3 is 0 Å². The molecule has 160 valence electrons. The number of phenolic OH excluding ortho intramolecular Hbond substituents is 1. The number of rotatable bonds is 5. The number of aromatic hydroxyl groups is 1. The molecule has 6 nitrogen and oxygen atoms in total. The Balaban J connectivity index is 1.60. The minimum Gasteiger partial charge on any atom is -0.508 e. The third-order valence-electron chi connectivity index (χ3n) is 5.70. The highest BCUT2D eigenvalue weighted by Crippen LogP contribution is 2.43. The van der Waals surface area contributed by atoms with E-state index in [0.717, 1.165) is 28.0 Å². The third-order valence-corrected chi connectivity index (χ3v) is 5.95. The lowest BCUT2D eigenvalue weighted by molar-refractivity contribution is 0.0730. The minimum atomic E-state index is -0.357. The summed E-state index contributed by atoms with van der Waals surface area (Å²) in [6, 6.07) is 21.6. The maximum atomic E-state index is 13.4. The van der Waals surface area contributed by atoms with Crippen LogP contribution in [0.2, 0.25) is 5.02 Å². The van der Waals surface area contributed by atoms with Crippen molar-refractivity contribution < 1.29 is 14.6 Å². The molecule has 1 aliphatic rings. The molecule has 0 spiro atoms. The van der Waals surface area contributed by atoms with Gasteiger partial charge in [-0.2, -0.15) is 5.10 Å². The molecule has 0 bridgehead atoms. The van der Waals surface area contributed by atoms with Crippen molar-refractivity contribution in [2.45, 2.75) is 12.6 Å².